The van der Waals surface area contributed by atoms with Crippen LogP contribution in [0.15, 0.2) is 18.3 Å². The van der Waals surface area contributed by atoms with Gasteiger partial charge in [-0.3, -0.25) is 4.68 Å². The third-order valence-electron chi connectivity index (χ3n) is 3.25. The number of carboxylic acid groups (broad SMARTS) is 1. The summed E-state index contributed by atoms with van der Waals surface area (Å²) in [5.41, 5.74) is 1.68. The van der Waals surface area contributed by atoms with E-state index in [1.807, 2.05) is 0 Å². The van der Waals surface area contributed by atoms with Crippen LogP contribution in [0.2, 0.25) is 6.32 Å². The minimum atomic E-state index is -1.11. The van der Waals surface area contributed by atoms with Gasteiger partial charge in [0, 0.05) is 12.6 Å². The Morgan fingerprint density at radius 1 is 1.50 bits per heavy atom. The van der Waals surface area contributed by atoms with Crippen molar-refractivity contribution < 1.29 is 19.6 Å². The fraction of sp³-hybridized carbons (Fsp3) is 0.250. The van der Waals surface area contributed by atoms with E-state index >= 15 is 0 Å². The van der Waals surface area contributed by atoms with E-state index in [4.69, 9.17) is 4.65 Å². The molecule has 0 spiro atoms. The van der Waals surface area contributed by atoms with Gasteiger partial charge in [0.2, 0.25) is 0 Å². The molecule has 20 heavy (non-hydrogen) atoms. The molecule has 7 nitrogen and oxygen atoms in total. The maximum absolute atomic E-state index is 11.6. The summed E-state index contributed by atoms with van der Waals surface area (Å²) < 4.78 is 6.81. The highest BCUT2D eigenvalue weighted by Crippen LogP contribution is 2.36. The molecule has 1 aromatic carbocycles. The number of aromatic nitrogens is 3. The van der Waals surface area contributed by atoms with E-state index < -0.39 is 13.1 Å². The molecule has 1 aromatic heterocycles. The van der Waals surface area contributed by atoms with Gasteiger partial charge < -0.3 is 14.8 Å². The molecule has 2 heterocycles. The molecular formula is C12H12BN3O4. The van der Waals surface area contributed by atoms with Gasteiger partial charge in [-0.25, -0.2) is 4.79 Å². The molecule has 0 amide bonds. The Morgan fingerprint density at radius 2 is 2.30 bits per heavy atom. The number of rotatable bonds is 2. The molecule has 1 aliphatic heterocycles. The maximum Gasteiger partial charge on any atom is 0.522 e. The first-order valence-electron chi connectivity index (χ1n) is 6.17. The number of carbonyl (C=O) groups is 1. The number of benzene rings is 1. The van der Waals surface area contributed by atoms with Gasteiger partial charge in [0.15, 0.2) is 0 Å². The van der Waals surface area contributed by atoms with Crippen LogP contribution in [0, 0.1) is 0 Å². The molecule has 0 aliphatic carbocycles. The first-order chi connectivity index (χ1) is 9.56. The van der Waals surface area contributed by atoms with E-state index in [1.165, 1.54) is 4.68 Å². The summed E-state index contributed by atoms with van der Waals surface area (Å²) in [6.45, 7) is 0. The standard InChI is InChI=1S/C12H12BN3O4/c1-16-6-9(14-15-16)8-3-2-7-4-5-13(19)20-11(7)10(8)12(17)18/h2-3,6,19H,4-5H2,1H3,(H,17,18). The number of hydrogen-bond acceptors (Lipinski definition) is 5. The van der Waals surface area contributed by atoms with Crippen LogP contribution < -0.4 is 4.65 Å². The van der Waals surface area contributed by atoms with Crippen molar-refractivity contribution in [2.75, 3.05) is 0 Å². The van der Waals surface area contributed by atoms with E-state index in [-0.39, 0.29) is 11.3 Å². The molecule has 0 atom stereocenters. The van der Waals surface area contributed by atoms with Crippen LogP contribution in [0.3, 0.4) is 0 Å². The summed E-state index contributed by atoms with van der Waals surface area (Å²) in [7, 11) is 0.730. The predicted molar refractivity (Wildman–Crippen MR) is 70.5 cm³/mol. The highest BCUT2D eigenvalue weighted by molar-refractivity contribution is 6.44. The first kappa shape index (κ1) is 12.7. The number of aromatic carboxylic acids is 1. The zero-order valence-electron chi connectivity index (χ0n) is 10.8. The van der Waals surface area contributed by atoms with Crippen molar-refractivity contribution >= 4 is 13.1 Å². The van der Waals surface area contributed by atoms with Crippen molar-refractivity contribution in [3.63, 3.8) is 0 Å². The molecule has 1 aliphatic rings. The minimum absolute atomic E-state index is 0.0155. The fourth-order valence-corrected chi connectivity index (χ4v) is 2.33. The SMILES string of the molecule is Cn1cc(-c2ccc3c(c2C(=O)O)OB(O)CC3)nn1. The maximum atomic E-state index is 11.6. The molecule has 2 N–H and O–H groups in total. The summed E-state index contributed by atoms with van der Waals surface area (Å²) >= 11 is 0. The Morgan fingerprint density at radius 3 is 2.95 bits per heavy atom. The van der Waals surface area contributed by atoms with Gasteiger partial charge in [-0.05, 0) is 18.3 Å². The fourth-order valence-electron chi connectivity index (χ4n) is 2.33. The Balaban J connectivity index is 2.21. The Bertz CT molecular complexity index is 685. The summed E-state index contributed by atoms with van der Waals surface area (Å²) in [5, 5.41) is 26.8. The molecule has 0 radical (unpaired) electrons. The lowest BCUT2D eigenvalue weighted by Gasteiger charge is -2.22. The zero-order valence-corrected chi connectivity index (χ0v) is 10.8. The summed E-state index contributed by atoms with van der Waals surface area (Å²) in [6.07, 6.45) is 2.67. The third kappa shape index (κ3) is 2.03. The summed E-state index contributed by atoms with van der Waals surface area (Å²) in [6, 6.07) is 3.50. The van der Waals surface area contributed by atoms with Crippen molar-refractivity contribution in [2.45, 2.75) is 12.7 Å². The molecule has 2 aromatic rings. The van der Waals surface area contributed by atoms with Crippen LogP contribution in [0.4, 0.5) is 0 Å². The molecule has 0 saturated heterocycles. The van der Waals surface area contributed by atoms with Crippen molar-refractivity contribution in [1.82, 2.24) is 15.0 Å². The zero-order chi connectivity index (χ0) is 14.3. The summed E-state index contributed by atoms with van der Waals surface area (Å²) in [5.74, 6) is -0.893. The van der Waals surface area contributed by atoms with Gasteiger partial charge in [0.05, 0.1) is 6.20 Å². The Labute approximate surface area is 114 Å². The third-order valence-corrected chi connectivity index (χ3v) is 3.25. The van der Waals surface area contributed by atoms with Gasteiger partial charge in [0.1, 0.15) is 17.0 Å². The Kier molecular flexibility index (Phi) is 2.94. The van der Waals surface area contributed by atoms with Gasteiger partial charge >= 0.3 is 13.1 Å². The van der Waals surface area contributed by atoms with E-state index in [2.05, 4.69) is 10.3 Å². The second-order valence-electron chi connectivity index (χ2n) is 4.67. The quantitative estimate of drug-likeness (QED) is 0.777. The van der Waals surface area contributed by atoms with E-state index in [9.17, 15) is 14.9 Å². The van der Waals surface area contributed by atoms with Crippen LogP contribution in [-0.4, -0.2) is 38.2 Å². The smallest absolute Gasteiger partial charge is 0.522 e. The normalized spacial score (nSPS) is 13.8. The molecule has 0 bridgehead atoms. The largest absolute Gasteiger partial charge is 0.535 e. The van der Waals surface area contributed by atoms with Crippen LogP contribution >= 0.6 is 0 Å². The molecular weight excluding hydrogens is 261 g/mol. The van der Waals surface area contributed by atoms with Gasteiger partial charge in [0.25, 0.3) is 0 Å². The van der Waals surface area contributed by atoms with Crippen LogP contribution in [0.1, 0.15) is 15.9 Å². The number of fused-ring (bicyclic) bond motifs is 1. The van der Waals surface area contributed by atoms with E-state index in [0.717, 1.165) is 5.56 Å². The van der Waals surface area contributed by atoms with E-state index in [1.54, 1.807) is 25.4 Å². The minimum Gasteiger partial charge on any atom is -0.535 e. The second kappa shape index (κ2) is 4.64. The van der Waals surface area contributed by atoms with Gasteiger partial charge in [-0.15, -0.1) is 5.10 Å². The molecule has 0 fully saturated rings. The average molecular weight is 273 g/mol. The second-order valence-corrected chi connectivity index (χ2v) is 4.67. The van der Waals surface area contributed by atoms with Gasteiger partial charge in [-0.1, -0.05) is 17.3 Å². The molecule has 8 heteroatoms. The lowest BCUT2D eigenvalue weighted by atomic mass is 9.78. The highest BCUT2D eigenvalue weighted by Gasteiger charge is 2.30. The van der Waals surface area contributed by atoms with Crippen LogP contribution in [0.5, 0.6) is 5.75 Å². The Hall–Kier alpha value is -2.35. The topological polar surface area (TPSA) is 97.5 Å². The number of carboxylic acids is 1. The molecule has 0 saturated carbocycles. The monoisotopic (exact) mass is 273 g/mol. The molecule has 102 valence electrons. The van der Waals surface area contributed by atoms with Crippen LogP contribution in [-0.2, 0) is 13.5 Å². The predicted octanol–water partition coefficient (Wildman–Crippen LogP) is 0.596. The van der Waals surface area contributed by atoms with E-state index in [0.29, 0.717) is 24.0 Å². The van der Waals surface area contributed by atoms with Crippen molar-refractivity contribution in [2.24, 2.45) is 7.05 Å². The van der Waals surface area contributed by atoms with Crippen molar-refractivity contribution in [3.05, 3.63) is 29.5 Å². The molecule has 3 rings (SSSR count). The summed E-state index contributed by atoms with van der Waals surface area (Å²) in [4.78, 5) is 11.6. The van der Waals surface area contributed by atoms with Gasteiger partial charge in [-0.2, -0.15) is 0 Å². The highest BCUT2D eigenvalue weighted by atomic mass is 16.5. The first-order valence-corrected chi connectivity index (χ1v) is 6.17. The lowest BCUT2D eigenvalue weighted by molar-refractivity contribution is 0.0695. The average Bonchev–Trinajstić information content (AvgIpc) is 2.83. The van der Waals surface area contributed by atoms with Crippen LogP contribution in [0.25, 0.3) is 11.3 Å². The van der Waals surface area contributed by atoms with Crippen molar-refractivity contribution in [1.29, 1.82) is 0 Å². The van der Waals surface area contributed by atoms with Crippen molar-refractivity contribution in [3.8, 4) is 17.0 Å². The lowest BCUT2D eigenvalue weighted by Crippen LogP contribution is -2.28. The number of nitrogens with zero attached hydrogens (tertiary/aromatic N) is 3. The number of hydrogen-bond donors (Lipinski definition) is 2. The molecule has 0 unspecified atom stereocenters. The number of aryl methyl sites for hydroxylation is 2.